The van der Waals surface area contributed by atoms with E-state index < -0.39 is 0 Å². The molecular formula is C30H33N3O4S. The summed E-state index contributed by atoms with van der Waals surface area (Å²) in [5.74, 6) is 1.19. The summed E-state index contributed by atoms with van der Waals surface area (Å²) in [6.07, 6.45) is 6.75. The van der Waals surface area contributed by atoms with Crippen LogP contribution in [0.25, 0.3) is 21.3 Å². The lowest BCUT2D eigenvalue weighted by Gasteiger charge is -2.16. The van der Waals surface area contributed by atoms with Crippen LogP contribution in [-0.4, -0.2) is 35.2 Å². The number of aryl methyl sites for hydroxylation is 2. The molecule has 2 aromatic carbocycles. The number of carbonyl (C=O) groups excluding carboxylic acids is 1. The molecule has 8 heteroatoms. The molecule has 0 bridgehead atoms. The van der Waals surface area contributed by atoms with Gasteiger partial charge in [-0.2, -0.15) is 0 Å². The number of thiophene rings is 1. The lowest BCUT2D eigenvalue weighted by atomic mass is 9.89. The first-order chi connectivity index (χ1) is 18.6. The number of hydrogen-bond donors (Lipinski definition) is 1. The minimum Gasteiger partial charge on any atom is -0.490 e. The topological polar surface area (TPSA) is 82.5 Å². The maximum Gasteiger partial charge on any atom is 0.263 e. The van der Waals surface area contributed by atoms with Crippen molar-refractivity contribution >= 4 is 27.5 Å². The molecule has 1 amide bonds. The predicted molar refractivity (Wildman–Crippen MR) is 151 cm³/mol. The highest BCUT2D eigenvalue weighted by atomic mass is 32.1. The van der Waals surface area contributed by atoms with Crippen molar-refractivity contribution in [3.8, 4) is 22.6 Å². The van der Waals surface area contributed by atoms with Crippen molar-refractivity contribution in [3.63, 3.8) is 0 Å². The van der Waals surface area contributed by atoms with Gasteiger partial charge in [-0.3, -0.25) is 14.2 Å². The van der Waals surface area contributed by atoms with Gasteiger partial charge in [-0.25, -0.2) is 4.98 Å². The van der Waals surface area contributed by atoms with Gasteiger partial charge in [-0.15, -0.1) is 11.3 Å². The summed E-state index contributed by atoms with van der Waals surface area (Å²) in [6.45, 7) is 5.35. The van der Waals surface area contributed by atoms with Gasteiger partial charge in [0.2, 0.25) is 5.91 Å². The van der Waals surface area contributed by atoms with Crippen molar-refractivity contribution < 1.29 is 14.3 Å². The fraction of sp³-hybridized carbons (Fsp3) is 0.367. The standard InChI is InChI=1S/C30H33N3O4S/c1-3-36-25-12-9-20(15-26(25)37-4-2)13-14-31-27(34)17-33-19-32-29-28(30(33)35)24(18-38-29)23-11-10-21-7-5-6-8-22(21)16-23/h9-12,15-16,18-19H,3-8,13-14,17H2,1-2H3,(H,31,34). The largest absolute Gasteiger partial charge is 0.490 e. The Morgan fingerprint density at radius 1 is 1.03 bits per heavy atom. The number of amides is 1. The fourth-order valence-electron chi connectivity index (χ4n) is 5.00. The van der Waals surface area contributed by atoms with Crippen LogP contribution < -0.4 is 20.3 Å². The zero-order valence-electron chi connectivity index (χ0n) is 21.9. The predicted octanol–water partition coefficient (Wildman–Crippen LogP) is 5.16. The van der Waals surface area contributed by atoms with Crippen molar-refractivity contribution in [1.29, 1.82) is 0 Å². The summed E-state index contributed by atoms with van der Waals surface area (Å²) in [4.78, 5) is 31.3. The van der Waals surface area contributed by atoms with Crippen LogP contribution >= 0.6 is 11.3 Å². The van der Waals surface area contributed by atoms with Gasteiger partial charge in [0.1, 0.15) is 11.4 Å². The maximum absolute atomic E-state index is 13.4. The Bertz CT molecular complexity index is 1510. The summed E-state index contributed by atoms with van der Waals surface area (Å²) in [7, 11) is 0. The van der Waals surface area contributed by atoms with Gasteiger partial charge in [0.05, 0.1) is 24.9 Å². The average molecular weight is 532 g/mol. The van der Waals surface area contributed by atoms with E-state index in [0.29, 0.717) is 47.9 Å². The SMILES string of the molecule is CCOc1ccc(CCNC(=O)Cn2cnc3scc(-c4ccc5c(c4)CCCC5)c3c2=O)cc1OCC. The number of rotatable bonds is 10. The third kappa shape index (κ3) is 5.60. The Morgan fingerprint density at radius 3 is 2.63 bits per heavy atom. The monoisotopic (exact) mass is 531 g/mol. The zero-order chi connectivity index (χ0) is 26.5. The van der Waals surface area contributed by atoms with Gasteiger partial charge in [-0.05, 0) is 80.3 Å². The van der Waals surface area contributed by atoms with E-state index in [1.54, 1.807) is 0 Å². The van der Waals surface area contributed by atoms with Crippen LogP contribution in [0.5, 0.6) is 11.5 Å². The second-order valence-electron chi connectivity index (χ2n) is 9.44. The number of nitrogens with one attached hydrogen (secondary N) is 1. The highest BCUT2D eigenvalue weighted by Gasteiger charge is 2.17. The molecule has 0 saturated carbocycles. The van der Waals surface area contributed by atoms with Crippen LogP contribution in [0.2, 0.25) is 0 Å². The van der Waals surface area contributed by atoms with Gasteiger partial charge in [0, 0.05) is 17.5 Å². The number of fused-ring (bicyclic) bond motifs is 2. The van der Waals surface area contributed by atoms with E-state index in [0.717, 1.165) is 29.5 Å². The molecule has 2 aromatic heterocycles. The Kier molecular flexibility index (Phi) is 8.08. The van der Waals surface area contributed by atoms with E-state index in [4.69, 9.17) is 9.47 Å². The first-order valence-corrected chi connectivity index (χ1v) is 14.2. The molecule has 0 aliphatic heterocycles. The summed E-state index contributed by atoms with van der Waals surface area (Å²) >= 11 is 1.46. The lowest BCUT2D eigenvalue weighted by Crippen LogP contribution is -2.33. The average Bonchev–Trinajstić information content (AvgIpc) is 3.37. The smallest absolute Gasteiger partial charge is 0.263 e. The van der Waals surface area contributed by atoms with Crippen LogP contribution in [0.1, 0.15) is 43.4 Å². The van der Waals surface area contributed by atoms with Crippen molar-refractivity contribution in [2.45, 2.75) is 52.5 Å². The van der Waals surface area contributed by atoms with Crippen molar-refractivity contribution in [1.82, 2.24) is 14.9 Å². The summed E-state index contributed by atoms with van der Waals surface area (Å²) < 4.78 is 12.7. The fourth-order valence-corrected chi connectivity index (χ4v) is 5.91. The number of nitrogens with zero attached hydrogens (tertiary/aromatic N) is 2. The Hall–Kier alpha value is -3.65. The van der Waals surface area contributed by atoms with E-state index in [1.807, 2.05) is 37.4 Å². The van der Waals surface area contributed by atoms with E-state index in [9.17, 15) is 9.59 Å². The summed E-state index contributed by atoms with van der Waals surface area (Å²) in [6, 6.07) is 12.3. The summed E-state index contributed by atoms with van der Waals surface area (Å²) in [5.41, 5.74) is 5.56. The van der Waals surface area contributed by atoms with Crippen LogP contribution in [-0.2, 0) is 30.6 Å². The number of carbonyl (C=O) groups is 1. The number of ether oxygens (including phenoxy) is 2. The quantitative estimate of drug-likeness (QED) is 0.306. The molecule has 0 radical (unpaired) electrons. The van der Waals surface area contributed by atoms with Gasteiger partial charge >= 0.3 is 0 Å². The van der Waals surface area contributed by atoms with E-state index >= 15 is 0 Å². The lowest BCUT2D eigenvalue weighted by molar-refractivity contribution is -0.121. The van der Waals surface area contributed by atoms with Crippen LogP contribution in [0.4, 0.5) is 0 Å². The van der Waals surface area contributed by atoms with Crippen molar-refractivity contribution in [2.75, 3.05) is 19.8 Å². The molecular weight excluding hydrogens is 498 g/mol. The second-order valence-corrected chi connectivity index (χ2v) is 10.3. The molecule has 2 heterocycles. The van der Waals surface area contributed by atoms with E-state index in [1.165, 1.54) is 46.2 Å². The van der Waals surface area contributed by atoms with Crippen LogP contribution in [0.3, 0.4) is 0 Å². The van der Waals surface area contributed by atoms with Crippen LogP contribution in [0.15, 0.2) is 52.9 Å². The first-order valence-electron chi connectivity index (χ1n) is 13.3. The minimum atomic E-state index is -0.227. The van der Waals surface area contributed by atoms with E-state index in [-0.39, 0.29) is 18.0 Å². The molecule has 198 valence electrons. The normalized spacial score (nSPS) is 12.8. The molecule has 0 spiro atoms. The minimum absolute atomic E-state index is 0.0747. The van der Waals surface area contributed by atoms with Gasteiger partial charge in [0.15, 0.2) is 11.5 Å². The Balaban J connectivity index is 1.27. The molecule has 0 atom stereocenters. The van der Waals surface area contributed by atoms with Gasteiger partial charge < -0.3 is 14.8 Å². The number of hydrogen-bond acceptors (Lipinski definition) is 6. The molecule has 1 aliphatic rings. The number of benzene rings is 2. The van der Waals surface area contributed by atoms with Crippen molar-refractivity contribution in [3.05, 3.63) is 75.1 Å². The molecule has 1 aliphatic carbocycles. The van der Waals surface area contributed by atoms with Gasteiger partial charge in [0.25, 0.3) is 5.56 Å². The Labute approximate surface area is 226 Å². The molecule has 7 nitrogen and oxygen atoms in total. The van der Waals surface area contributed by atoms with Gasteiger partial charge in [-0.1, -0.05) is 24.3 Å². The first kappa shape index (κ1) is 26.0. The zero-order valence-corrected chi connectivity index (χ0v) is 22.7. The third-order valence-electron chi connectivity index (χ3n) is 6.88. The molecule has 0 unspecified atom stereocenters. The molecule has 0 fully saturated rings. The van der Waals surface area contributed by atoms with Crippen molar-refractivity contribution in [2.24, 2.45) is 0 Å². The number of aromatic nitrogens is 2. The molecule has 5 rings (SSSR count). The van der Waals surface area contributed by atoms with Crippen LogP contribution in [0, 0.1) is 0 Å². The second kappa shape index (κ2) is 11.8. The summed E-state index contributed by atoms with van der Waals surface area (Å²) in [5, 5.41) is 5.51. The molecule has 4 aromatic rings. The third-order valence-corrected chi connectivity index (χ3v) is 7.76. The molecule has 1 N–H and O–H groups in total. The maximum atomic E-state index is 13.4. The molecule has 38 heavy (non-hydrogen) atoms. The highest BCUT2D eigenvalue weighted by Crippen LogP contribution is 2.33. The highest BCUT2D eigenvalue weighted by molar-refractivity contribution is 7.17. The van der Waals surface area contributed by atoms with E-state index in [2.05, 4.69) is 28.5 Å². The molecule has 0 saturated heterocycles. The Morgan fingerprint density at radius 2 is 1.82 bits per heavy atom.